The van der Waals surface area contributed by atoms with Crippen molar-refractivity contribution in [3.63, 3.8) is 0 Å². The first-order valence-electron chi connectivity index (χ1n) is 6.92. The molecule has 0 heteroatoms. The molecule has 0 amide bonds. The molecule has 0 aromatic rings. The van der Waals surface area contributed by atoms with Gasteiger partial charge in [-0.05, 0) is 59.2 Å². The Bertz CT molecular complexity index is 355. The van der Waals surface area contributed by atoms with Gasteiger partial charge in [-0.25, -0.2) is 0 Å². The summed E-state index contributed by atoms with van der Waals surface area (Å²) in [6, 6.07) is 0. The van der Waals surface area contributed by atoms with E-state index in [1.165, 1.54) is 12.8 Å². The molecule has 15 heavy (non-hydrogen) atoms. The van der Waals surface area contributed by atoms with Crippen LogP contribution in [0, 0.1) is 33.5 Å². The van der Waals surface area contributed by atoms with E-state index < -0.39 is 0 Å². The predicted octanol–water partition coefficient (Wildman–Crippen LogP) is 4.25. The SMILES string of the molecule is CC1(C)[C@H]2[C@@H]1CC[C@]13CCC[C@]1(C)[C@@]23C. The maximum absolute atomic E-state index is 2.65. The minimum Gasteiger partial charge on any atom is -0.0593 e. The fourth-order valence-corrected chi connectivity index (χ4v) is 7.12. The van der Waals surface area contributed by atoms with Crippen molar-refractivity contribution in [2.24, 2.45) is 33.5 Å². The molecular weight excluding hydrogens is 180 g/mol. The minimum absolute atomic E-state index is 0.686. The lowest BCUT2D eigenvalue weighted by Gasteiger charge is -2.27. The second-order valence-electron chi connectivity index (χ2n) is 7.91. The van der Waals surface area contributed by atoms with Crippen LogP contribution in [-0.2, 0) is 0 Å². The van der Waals surface area contributed by atoms with E-state index in [0.717, 1.165) is 28.1 Å². The lowest BCUT2D eigenvalue weighted by molar-refractivity contribution is 0.212. The van der Waals surface area contributed by atoms with Gasteiger partial charge in [0, 0.05) is 0 Å². The van der Waals surface area contributed by atoms with Crippen molar-refractivity contribution >= 4 is 0 Å². The van der Waals surface area contributed by atoms with E-state index >= 15 is 0 Å². The van der Waals surface area contributed by atoms with Crippen LogP contribution in [0.2, 0.25) is 0 Å². The molecule has 0 aromatic carbocycles. The fourth-order valence-electron chi connectivity index (χ4n) is 7.12. The number of fused-ring (bicyclic) bond motifs is 3. The molecule has 4 aliphatic rings. The van der Waals surface area contributed by atoms with Gasteiger partial charge in [0.15, 0.2) is 0 Å². The number of rotatable bonds is 0. The third-order valence-corrected chi connectivity index (χ3v) is 7.97. The van der Waals surface area contributed by atoms with Crippen LogP contribution in [0.4, 0.5) is 0 Å². The maximum atomic E-state index is 2.65. The second-order valence-corrected chi connectivity index (χ2v) is 7.91. The summed E-state index contributed by atoms with van der Waals surface area (Å²) in [6.07, 6.45) is 7.71. The lowest BCUT2D eigenvalue weighted by Crippen LogP contribution is -2.20. The quantitative estimate of drug-likeness (QED) is 0.553. The van der Waals surface area contributed by atoms with Crippen molar-refractivity contribution in [3.8, 4) is 0 Å². The average molecular weight is 204 g/mol. The Morgan fingerprint density at radius 1 is 0.933 bits per heavy atom. The van der Waals surface area contributed by atoms with Crippen LogP contribution in [0.25, 0.3) is 0 Å². The van der Waals surface area contributed by atoms with Gasteiger partial charge >= 0.3 is 0 Å². The summed E-state index contributed by atoms with van der Waals surface area (Å²) in [6.45, 7) is 10.3. The third kappa shape index (κ3) is 0.579. The molecule has 4 aliphatic carbocycles. The first kappa shape index (κ1) is 9.07. The van der Waals surface area contributed by atoms with Gasteiger partial charge in [0.2, 0.25) is 0 Å². The van der Waals surface area contributed by atoms with Crippen LogP contribution in [0.15, 0.2) is 0 Å². The molecule has 0 aromatic heterocycles. The molecular formula is C15H24. The highest BCUT2D eigenvalue weighted by atomic mass is 14.9. The van der Waals surface area contributed by atoms with Crippen LogP contribution in [0.1, 0.15) is 59.8 Å². The highest BCUT2D eigenvalue weighted by Crippen LogP contribution is 2.97. The van der Waals surface area contributed by atoms with E-state index in [9.17, 15) is 0 Å². The molecule has 0 bridgehead atoms. The molecule has 4 fully saturated rings. The van der Waals surface area contributed by atoms with Crippen molar-refractivity contribution in [1.29, 1.82) is 0 Å². The van der Waals surface area contributed by atoms with Crippen molar-refractivity contribution in [2.45, 2.75) is 59.8 Å². The lowest BCUT2D eigenvalue weighted by atomic mass is 9.77. The predicted molar refractivity (Wildman–Crippen MR) is 62.5 cm³/mol. The zero-order valence-corrected chi connectivity index (χ0v) is 10.7. The van der Waals surface area contributed by atoms with Crippen molar-refractivity contribution < 1.29 is 0 Å². The van der Waals surface area contributed by atoms with Gasteiger partial charge in [0.1, 0.15) is 0 Å². The summed E-state index contributed by atoms with van der Waals surface area (Å²) in [5, 5.41) is 0. The molecule has 0 radical (unpaired) electrons. The summed E-state index contributed by atoms with van der Waals surface area (Å²) >= 11 is 0. The van der Waals surface area contributed by atoms with Crippen LogP contribution in [0.3, 0.4) is 0 Å². The van der Waals surface area contributed by atoms with Crippen molar-refractivity contribution in [3.05, 3.63) is 0 Å². The normalized spacial score (nSPS) is 68.0. The van der Waals surface area contributed by atoms with Gasteiger partial charge in [-0.3, -0.25) is 0 Å². The topological polar surface area (TPSA) is 0 Å². The zero-order valence-electron chi connectivity index (χ0n) is 10.7. The fraction of sp³-hybridized carbons (Fsp3) is 1.00. The Morgan fingerprint density at radius 2 is 1.67 bits per heavy atom. The van der Waals surface area contributed by atoms with E-state index in [0.29, 0.717) is 5.41 Å². The van der Waals surface area contributed by atoms with Gasteiger partial charge in [0.05, 0.1) is 0 Å². The van der Waals surface area contributed by atoms with Crippen molar-refractivity contribution in [1.82, 2.24) is 0 Å². The Hall–Kier alpha value is 0. The summed E-state index contributed by atoms with van der Waals surface area (Å²) in [4.78, 5) is 0. The van der Waals surface area contributed by atoms with Crippen molar-refractivity contribution in [2.75, 3.05) is 0 Å². The zero-order chi connectivity index (χ0) is 10.7. The Labute approximate surface area is 93.8 Å². The number of hydrogen-bond acceptors (Lipinski definition) is 0. The smallest absolute Gasteiger partial charge is 0.0168 e. The second kappa shape index (κ2) is 1.93. The summed E-state index contributed by atoms with van der Waals surface area (Å²) < 4.78 is 0. The molecule has 4 saturated carbocycles. The van der Waals surface area contributed by atoms with Crippen LogP contribution in [-0.4, -0.2) is 0 Å². The van der Waals surface area contributed by atoms with Crippen LogP contribution >= 0.6 is 0 Å². The largest absolute Gasteiger partial charge is 0.0593 e. The van der Waals surface area contributed by atoms with E-state index in [1.807, 2.05) is 0 Å². The molecule has 5 atom stereocenters. The monoisotopic (exact) mass is 204 g/mol. The van der Waals surface area contributed by atoms with E-state index in [2.05, 4.69) is 27.7 Å². The molecule has 0 saturated heterocycles. The average Bonchev–Trinajstić information content (AvgIpc) is 2.77. The van der Waals surface area contributed by atoms with Gasteiger partial charge in [0.25, 0.3) is 0 Å². The summed E-state index contributed by atoms with van der Waals surface area (Å²) in [5.74, 6) is 2.15. The molecule has 1 spiro atoms. The van der Waals surface area contributed by atoms with E-state index in [4.69, 9.17) is 0 Å². The standard InChI is InChI=1S/C15H24/c1-12(2)10-6-9-15-8-5-7-13(15,3)14(15,4)11(10)12/h10-11H,5-9H2,1-4H3/t10-,11+,13+,14+,15+/m0/s1. The maximum Gasteiger partial charge on any atom is -0.0168 e. The molecule has 0 nitrogen and oxygen atoms in total. The molecule has 0 heterocycles. The molecule has 0 unspecified atom stereocenters. The van der Waals surface area contributed by atoms with Gasteiger partial charge < -0.3 is 0 Å². The van der Waals surface area contributed by atoms with E-state index in [-0.39, 0.29) is 0 Å². The molecule has 84 valence electrons. The molecule has 4 rings (SSSR count). The Balaban J connectivity index is 1.83. The highest BCUT2D eigenvalue weighted by molar-refractivity contribution is 5.38. The van der Waals surface area contributed by atoms with Crippen LogP contribution < -0.4 is 0 Å². The third-order valence-electron chi connectivity index (χ3n) is 7.97. The first-order valence-corrected chi connectivity index (χ1v) is 6.92. The van der Waals surface area contributed by atoms with Gasteiger partial charge in [-0.15, -0.1) is 0 Å². The minimum atomic E-state index is 0.686. The highest BCUT2D eigenvalue weighted by Gasteiger charge is 2.91. The van der Waals surface area contributed by atoms with Crippen LogP contribution in [0.5, 0.6) is 0 Å². The molecule has 0 aliphatic heterocycles. The Kier molecular flexibility index (Phi) is 1.17. The summed E-state index contributed by atoms with van der Waals surface area (Å²) in [7, 11) is 0. The van der Waals surface area contributed by atoms with Gasteiger partial charge in [-0.1, -0.05) is 34.1 Å². The van der Waals surface area contributed by atoms with Gasteiger partial charge in [-0.2, -0.15) is 0 Å². The summed E-state index contributed by atoms with van der Waals surface area (Å²) in [5.41, 5.74) is 2.97. The Morgan fingerprint density at radius 3 is 2.40 bits per heavy atom. The number of hydrogen-bond donors (Lipinski definition) is 0. The first-order chi connectivity index (χ1) is 6.92. The molecule has 0 N–H and O–H groups in total. The van der Waals surface area contributed by atoms with E-state index in [1.54, 1.807) is 19.3 Å².